The highest BCUT2D eigenvalue weighted by Gasteiger charge is 2.18. The molecule has 1 radical (unpaired) electrons. The van der Waals surface area contributed by atoms with Gasteiger partial charge in [0.25, 0.3) is 0 Å². The Morgan fingerprint density at radius 3 is 2.69 bits per heavy atom. The van der Waals surface area contributed by atoms with Crippen molar-refractivity contribution >= 4 is 22.7 Å². The molecule has 1 heterocycles. The lowest BCUT2D eigenvalue weighted by molar-refractivity contribution is 0.0992. The second kappa shape index (κ2) is 9.69. The molecule has 6 heteroatoms. The van der Waals surface area contributed by atoms with E-state index in [4.69, 9.17) is 9.84 Å². The zero-order chi connectivity index (χ0) is 18.2. The van der Waals surface area contributed by atoms with Crippen LogP contribution in [0.25, 0.3) is 10.9 Å². The summed E-state index contributed by atoms with van der Waals surface area (Å²) in [6, 6.07) is 8.00. The van der Waals surface area contributed by atoms with Gasteiger partial charge in [0.2, 0.25) is 5.95 Å². The fourth-order valence-electron chi connectivity index (χ4n) is 3.37. The van der Waals surface area contributed by atoms with Crippen molar-refractivity contribution in [3.63, 3.8) is 0 Å². The number of aromatic nitrogens is 2. The number of ether oxygens (including phenoxy) is 1. The Labute approximate surface area is 155 Å². The zero-order valence-corrected chi connectivity index (χ0v) is 15.3. The normalized spacial score (nSPS) is 20.2. The fraction of sp³-hybridized carbons (Fsp3) is 0.550. The molecule has 1 aliphatic rings. The van der Waals surface area contributed by atoms with Gasteiger partial charge in [-0.05, 0) is 36.8 Å². The van der Waals surface area contributed by atoms with E-state index in [2.05, 4.69) is 27.5 Å². The lowest BCUT2D eigenvalue weighted by atomic mass is 9.83. The van der Waals surface area contributed by atoms with Gasteiger partial charge in [0, 0.05) is 18.5 Å². The second-order valence-corrected chi connectivity index (χ2v) is 6.94. The van der Waals surface area contributed by atoms with Crippen molar-refractivity contribution in [3.05, 3.63) is 31.2 Å². The van der Waals surface area contributed by atoms with Crippen LogP contribution in [0.2, 0.25) is 0 Å². The van der Waals surface area contributed by atoms with Gasteiger partial charge in [-0.3, -0.25) is 0 Å². The van der Waals surface area contributed by atoms with Crippen LogP contribution in [0.15, 0.2) is 24.3 Å². The van der Waals surface area contributed by atoms with Crippen molar-refractivity contribution in [2.75, 3.05) is 43.5 Å². The number of para-hydroxylation sites is 1. The number of aliphatic hydroxyl groups is 1. The van der Waals surface area contributed by atoms with Crippen molar-refractivity contribution in [1.29, 1.82) is 0 Å². The maximum atomic E-state index is 8.76. The number of rotatable bonds is 9. The van der Waals surface area contributed by atoms with E-state index in [9.17, 15) is 0 Å². The topological polar surface area (TPSA) is 79.3 Å². The molecule has 3 rings (SSSR count). The molecule has 1 aliphatic carbocycles. The van der Waals surface area contributed by atoms with Crippen molar-refractivity contribution in [3.8, 4) is 0 Å². The summed E-state index contributed by atoms with van der Waals surface area (Å²) in [5.74, 6) is 2.77. The molecule has 1 saturated carbocycles. The van der Waals surface area contributed by atoms with E-state index >= 15 is 0 Å². The van der Waals surface area contributed by atoms with Crippen LogP contribution >= 0.6 is 0 Å². The molecule has 1 fully saturated rings. The molecule has 1 aromatic heterocycles. The molecule has 0 amide bonds. The van der Waals surface area contributed by atoms with E-state index in [1.807, 2.05) is 24.3 Å². The van der Waals surface area contributed by atoms with Crippen LogP contribution in [0, 0.1) is 18.8 Å². The fourth-order valence-corrected chi connectivity index (χ4v) is 3.37. The van der Waals surface area contributed by atoms with E-state index in [0.717, 1.165) is 23.3 Å². The molecule has 3 N–H and O–H groups in total. The Balaban J connectivity index is 1.64. The first-order valence-electron chi connectivity index (χ1n) is 9.52. The monoisotopic (exact) mass is 357 g/mol. The van der Waals surface area contributed by atoms with E-state index < -0.39 is 0 Å². The highest BCUT2D eigenvalue weighted by Crippen LogP contribution is 2.28. The SMILES string of the molecule is [CH2]C1CCC(CNc2nc(NCCOCCO)c3ccccc3n2)CC1. The molecule has 0 bridgehead atoms. The molecular weight excluding hydrogens is 328 g/mol. The van der Waals surface area contributed by atoms with E-state index in [0.29, 0.717) is 37.5 Å². The molecule has 141 valence electrons. The third kappa shape index (κ3) is 5.29. The minimum Gasteiger partial charge on any atom is -0.394 e. The average molecular weight is 357 g/mol. The molecule has 2 aromatic rings. The summed E-state index contributed by atoms with van der Waals surface area (Å²) in [7, 11) is 0. The quantitative estimate of drug-likeness (QED) is 0.599. The smallest absolute Gasteiger partial charge is 0.225 e. The van der Waals surface area contributed by atoms with Gasteiger partial charge in [-0.2, -0.15) is 4.98 Å². The molecule has 0 unspecified atom stereocenters. The first-order chi connectivity index (χ1) is 12.8. The lowest BCUT2D eigenvalue weighted by Crippen LogP contribution is -2.21. The van der Waals surface area contributed by atoms with Crippen LogP contribution in [0.3, 0.4) is 0 Å². The van der Waals surface area contributed by atoms with Crippen molar-refractivity contribution in [1.82, 2.24) is 9.97 Å². The van der Waals surface area contributed by atoms with E-state index in [-0.39, 0.29) is 6.61 Å². The van der Waals surface area contributed by atoms with Crippen LogP contribution in [0.4, 0.5) is 11.8 Å². The highest BCUT2D eigenvalue weighted by atomic mass is 16.5. The number of fused-ring (bicyclic) bond motifs is 1. The van der Waals surface area contributed by atoms with Crippen LogP contribution in [0.5, 0.6) is 0 Å². The molecule has 0 spiro atoms. The van der Waals surface area contributed by atoms with Gasteiger partial charge >= 0.3 is 0 Å². The minimum absolute atomic E-state index is 0.0422. The predicted octanol–water partition coefficient (Wildman–Crippen LogP) is 3.10. The Hall–Kier alpha value is -1.92. The molecule has 0 saturated heterocycles. The van der Waals surface area contributed by atoms with Gasteiger partial charge in [-0.15, -0.1) is 0 Å². The van der Waals surface area contributed by atoms with Gasteiger partial charge in [0.1, 0.15) is 5.82 Å². The number of nitrogens with zero attached hydrogens (tertiary/aromatic N) is 2. The third-order valence-corrected chi connectivity index (χ3v) is 4.89. The molecule has 26 heavy (non-hydrogen) atoms. The number of nitrogens with one attached hydrogen (secondary N) is 2. The Morgan fingerprint density at radius 2 is 1.88 bits per heavy atom. The zero-order valence-electron chi connectivity index (χ0n) is 15.3. The molecule has 1 aromatic carbocycles. The maximum Gasteiger partial charge on any atom is 0.225 e. The molecular formula is C20H29N4O2. The number of aliphatic hydroxyl groups excluding tert-OH is 1. The summed E-state index contributed by atoms with van der Waals surface area (Å²) < 4.78 is 5.31. The van der Waals surface area contributed by atoms with Gasteiger partial charge in [-0.25, -0.2) is 4.98 Å². The first-order valence-corrected chi connectivity index (χ1v) is 9.52. The number of benzene rings is 1. The standard InChI is InChI=1S/C20H29N4O2/c1-15-6-8-16(9-7-15)14-22-20-23-18-5-3-2-4-17(18)19(24-20)21-10-12-26-13-11-25/h2-5,15-16,25H,1,6-14H2,(H2,21,22,23,24). The van der Waals surface area contributed by atoms with Crippen molar-refractivity contribution in [2.45, 2.75) is 25.7 Å². The third-order valence-electron chi connectivity index (χ3n) is 4.89. The van der Waals surface area contributed by atoms with Crippen LogP contribution < -0.4 is 10.6 Å². The number of anilines is 2. The predicted molar refractivity (Wildman–Crippen MR) is 105 cm³/mol. The van der Waals surface area contributed by atoms with Crippen molar-refractivity contribution < 1.29 is 9.84 Å². The second-order valence-electron chi connectivity index (χ2n) is 6.94. The molecule has 6 nitrogen and oxygen atoms in total. The highest BCUT2D eigenvalue weighted by molar-refractivity contribution is 5.89. The molecule has 0 aliphatic heterocycles. The summed E-state index contributed by atoms with van der Waals surface area (Å²) in [5.41, 5.74) is 0.922. The average Bonchev–Trinajstić information content (AvgIpc) is 2.67. The maximum absolute atomic E-state index is 8.76. The summed E-state index contributed by atoms with van der Waals surface area (Å²) in [6.45, 7) is 6.63. The lowest BCUT2D eigenvalue weighted by Gasteiger charge is -2.26. The van der Waals surface area contributed by atoms with Crippen LogP contribution in [0.1, 0.15) is 25.7 Å². The van der Waals surface area contributed by atoms with Gasteiger partial charge in [0.15, 0.2) is 0 Å². The van der Waals surface area contributed by atoms with Gasteiger partial charge in [-0.1, -0.05) is 31.9 Å². The summed E-state index contributed by atoms with van der Waals surface area (Å²) in [6.07, 6.45) is 4.88. The Morgan fingerprint density at radius 1 is 1.08 bits per heavy atom. The van der Waals surface area contributed by atoms with Crippen LogP contribution in [-0.4, -0.2) is 48.0 Å². The summed E-state index contributed by atoms with van der Waals surface area (Å²) >= 11 is 0. The minimum atomic E-state index is 0.0422. The van der Waals surface area contributed by atoms with Gasteiger partial charge < -0.3 is 20.5 Å². The molecule has 0 atom stereocenters. The largest absolute Gasteiger partial charge is 0.394 e. The number of hydrogen-bond acceptors (Lipinski definition) is 6. The summed E-state index contributed by atoms with van der Waals surface area (Å²) in [5, 5.41) is 16.5. The summed E-state index contributed by atoms with van der Waals surface area (Å²) in [4.78, 5) is 9.32. The van der Waals surface area contributed by atoms with Gasteiger partial charge in [0.05, 0.1) is 25.3 Å². The van der Waals surface area contributed by atoms with Crippen LogP contribution in [-0.2, 0) is 4.74 Å². The number of hydrogen-bond donors (Lipinski definition) is 3. The Kier molecular flexibility index (Phi) is 7.03. The first kappa shape index (κ1) is 18.9. The van der Waals surface area contributed by atoms with E-state index in [1.54, 1.807) is 0 Å². The van der Waals surface area contributed by atoms with Crippen molar-refractivity contribution in [2.24, 2.45) is 11.8 Å². The van der Waals surface area contributed by atoms with E-state index in [1.165, 1.54) is 25.7 Å². The Bertz CT molecular complexity index is 687.